The third-order valence-corrected chi connectivity index (χ3v) is 6.58. The highest BCUT2D eigenvalue weighted by atomic mass is 32.1. The summed E-state index contributed by atoms with van der Waals surface area (Å²) >= 11 is 1.73. The van der Waals surface area contributed by atoms with Crippen molar-refractivity contribution in [2.75, 3.05) is 19.6 Å². The third kappa shape index (κ3) is 4.54. The van der Waals surface area contributed by atoms with Crippen LogP contribution in [-0.2, 0) is 11.2 Å². The lowest BCUT2D eigenvalue weighted by Gasteiger charge is -2.37. The topological polar surface area (TPSA) is 40.6 Å². The molecular weight excluding hydrogens is 411 g/mol. The lowest BCUT2D eigenvalue weighted by Crippen LogP contribution is -2.47. The smallest absolute Gasteiger partial charge is 0.254 e. The zero-order chi connectivity index (χ0) is 21.8. The Labute approximate surface area is 185 Å². The van der Waals surface area contributed by atoms with Gasteiger partial charge in [-0.3, -0.25) is 9.59 Å². The van der Waals surface area contributed by atoms with E-state index in [9.17, 15) is 14.0 Å². The molecule has 1 atom stereocenters. The summed E-state index contributed by atoms with van der Waals surface area (Å²) in [6.07, 6.45) is 1.53. The predicted molar refractivity (Wildman–Crippen MR) is 121 cm³/mol. The molecule has 4 rings (SSSR count). The molecule has 1 unspecified atom stereocenters. The summed E-state index contributed by atoms with van der Waals surface area (Å²) in [5, 5.41) is 2.07. The van der Waals surface area contributed by atoms with Crippen LogP contribution in [0.25, 0.3) is 0 Å². The second kappa shape index (κ2) is 9.43. The monoisotopic (exact) mass is 436 g/mol. The van der Waals surface area contributed by atoms with Crippen molar-refractivity contribution in [3.05, 3.63) is 93.4 Å². The van der Waals surface area contributed by atoms with Crippen molar-refractivity contribution in [1.29, 1.82) is 0 Å². The predicted octanol–water partition coefficient (Wildman–Crippen LogP) is 4.91. The highest BCUT2D eigenvalue weighted by Gasteiger charge is 2.33. The second-order valence-electron chi connectivity index (χ2n) is 7.69. The fourth-order valence-electron chi connectivity index (χ4n) is 4.16. The molecule has 6 heteroatoms. The SMILES string of the molecule is CCCN(CC(=O)N1CCc2sccc2C1c1ccccc1)C(=O)c1cccc(F)c1. The van der Waals surface area contributed by atoms with Gasteiger partial charge in [-0.1, -0.05) is 43.3 Å². The number of amides is 2. The minimum absolute atomic E-state index is 0.0218. The number of halogens is 1. The third-order valence-electron chi connectivity index (χ3n) is 5.58. The Hall–Kier alpha value is -2.99. The number of fused-ring (bicyclic) bond motifs is 1. The Bertz CT molecular complexity index is 1070. The Morgan fingerprint density at radius 1 is 1.13 bits per heavy atom. The molecule has 0 saturated heterocycles. The van der Waals surface area contributed by atoms with E-state index in [4.69, 9.17) is 0 Å². The van der Waals surface area contributed by atoms with Crippen molar-refractivity contribution >= 4 is 23.2 Å². The van der Waals surface area contributed by atoms with Gasteiger partial charge in [0.05, 0.1) is 6.04 Å². The van der Waals surface area contributed by atoms with E-state index in [0.717, 1.165) is 17.5 Å². The molecule has 0 N–H and O–H groups in total. The summed E-state index contributed by atoms with van der Waals surface area (Å²) in [5.74, 6) is -0.873. The van der Waals surface area contributed by atoms with E-state index in [-0.39, 0.29) is 30.0 Å². The Morgan fingerprint density at radius 3 is 2.68 bits per heavy atom. The summed E-state index contributed by atoms with van der Waals surface area (Å²) in [6.45, 7) is 2.99. The molecule has 0 fully saturated rings. The maximum Gasteiger partial charge on any atom is 0.254 e. The fourth-order valence-corrected chi connectivity index (χ4v) is 5.06. The van der Waals surface area contributed by atoms with Gasteiger partial charge in [0.1, 0.15) is 12.4 Å². The number of hydrogen-bond donors (Lipinski definition) is 0. The Morgan fingerprint density at radius 2 is 1.94 bits per heavy atom. The minimum Gasteiger partial charge on any atom is -0.330 e. The molecule has 0 radical (unpaired) electrons. The van der Waals surface area contributed by atoms with Gasteiger partial charge in [-0.05, 0) is 53.6 Å². The van der Waals surface area contributed by atoms with Crippen LogP contribution in [0.4, 0.5) is 4.39 Å². The second-order valence-corrected chi connectivity index (χ2v) is 8.69. The number of carbonyl (C=O) groups is 2. The van der Waals surface area contributed by atoms with Crippen LogP contribution >= 0.6 is 11.3 Å². The van der Waals surface area contributed by atoms with Crippen LogP contribution in [0.15, 0.2) is 66.0 Å². The first-order chi connectivity index (χ1) is 15.1. The highest BCUT2D eigenvalue weighted by molar-refractivity contribution is 7.10. The molecule has 0 saturated carbocycles. The Balaban J connectivity index is 1.60. The molecule has 4 nitrogen and oxygen atoms in total. The van der Waals surface area contributed by atoms with Gasteiger partial charge in [-0.25, -0.2) is 4.39 Å². The van der Waals surface area contributed by atoms with Crippen LogP contribution in [0.3, 0.4) is 0 Å². The normalized spacial score (nSPS) is 15.4. The van der Waals surface area contributed by atoms with E-state index >= 15 is 0 Å². The maximum absolute atomic E-state index is 13.6. The number of hydrogen-bond acceptors (Lipinski definition) is 3. The summed E-state index contributed by atoms with van der Waals surface area (Å²) in [4.78, 5) is 31.2. The standard InChI is InChI=1S/C25H25FN2O2S/c1-2-13-27(25(30)19-9-6-10-20(26)16-19)17-23(29)28-14-11-22-21(12-15-31-22)24(28)18-7-4-3-5-8-18/h3-10,12,15-16,24H,2,11,13-14,17H2,1H3. The van der Waals surface area contributed by atoms with Crippen molar-refractivity contribution in [2.24, 2.45) is 0 Å². The molecule has 2 heterocycles. The average molecular weight is 437 g/mol. The number of carbonyl (C=O) groups excluding carboxylic acids is 2. The van der Waals surface area contributed by atoms with Crippen molar-refractivity contribution in [3.8, 4) is 0 Å². The number of benzene rings is 2. The molecule has 2 aromatic carbocycles. The molecule has 2 amide bonds. The van der Waals surface area contributed by atoms with E-state index in [2.05, 4.69) is 11.4 Å². The first kappa shape index (κ1) is 21.2. The van der Waals surface area contributed by atoms with E-state index in [1.54, 1.807) is 17.4 Å². The van der Waals surface area contributed by atoms with E-state index in [1.807, 2.05) is 42.2 Å². The lowest BCUT2D eigenvalue weighted by molar-refractivity contribution is -0.134. The van der Waals surface area contributed by atoms with Crippen LogP contribution < -0.4 is 0 Å². The molecule has 0 spiro atoms. The molecule has 1 aromatic heterocycles. The van der Waals surface area contributed by atoms with Gasteiger partial charge in [0.15, 0.2) is 0 Å². The van der Waals surface area contributed by atoms with Crippen LogP contribution in [0.2, 0.25) is 0 Å². The van der Waals surface area contributed by atoms with Gasteiger partial charge in [-0.2, -0.15) is 0 Å². The summed E-state index contributed by atoms with van der Waals surface area (Å²) in [6, 6.07) is 17.6. The lowest BCUT2D eigenvalue weighted by atomic mass is 9.93. The number of rotatable bonds is 6. The summed E-state index contributed by atoms with van der Waals surface area (Å²) in [5.41, 5.74) is 2.49. The zero-order valence-electron chi connectivity index (χ0n) is 17.5. The van der Waals surface area contributed by atoms with Gasteiger partial charge >= 0.3 is 0 Å². The summed E-state index contributed by atoms with van der Waals surface area (Å²) in [7, 11) is 0. The Kier molecular flexibility index (Phi) is 6.47. The van der Waals surface area contributed by atoms with E-state index in [1.165, 1.54) is 28.0 Å². The minimum atomic E-state index is -0.459. The van der Waals surface area contributed by atoms with E-state index < -0.39 is 5.82 Å². The average Bonchev–Trinajstić information content (AvgIpc) is 3.27. The molecule has 31 heavy (non-hydrogen) atoms. The van der Waals surface area contributed by atoms with Gasteiger partial charge in [0.25, 0.3) is 5.91 Å². The van der Waals surface area contributed by atoms with Gasteiger partial charge in [0, 0.05) is 23.5 Å². The van der Waals surface area contributed by atoms with Gasteiger partial charge < -0.3 is 9.80 Å². The van der Waals surface area contributed by atoms with Crippen LogP contribution in [0.1, 0.15) is 45.7 Å². The van der Waals surface area contributed by atoms with Crippen molar-refractivity contribution in [3.63, 3.8) is 0 Å². The van der Waals surface area contributed by atoms with Crippen LogP contribution in [0, 0.1) is 5.82 Å². The first-order valence-electron chi connectivity index (χ1n) is 10.5. The van der Waals surface area contributed by atoms with Crippen molar-refractivity contribution in [1.82, 2.24) is 9.80 Å². The highest BCUT2D eigenvalue weighted by Crippen LogP contribution is 2.37. The van der Waals surface area contributed by atoms with Crippen molar-refractivity contribution < 1.29 is 14.0 Å². The first-order valence-corrected chi connectivity index (χ1v) is 11.4. The summed E-state index contributed by atoms with van der Waals surface area (Å²) < 4.78 is 13.6. The molecule has 160 valence electrons. The molecule has 1 aliphatic heterocycles. The van der Waals surface area contributed by atoms with E-state index in [0.29, 0.717) is 19.5 Å². The maximum atomic E-state index is 13.6. The molecular formula is C25H25FN2O2S. The number of thiophene rings is 1. The molecule has 3 aromatic rings. The molecule has 0 bridgehead atoms. The zero-order valence-corrected chi connectivity index (χ0v) is 18.3. The largest absolute Gasteiger partial charge is 0.330 e. The van der Waals surface area contributed by atoms with Crippen molar-refractivity contribution in [2.45, 2.75) is 25.8 Å². The van der Waals surface area contributed by atoms with Gasteiger partial charge in [-0.15, -0.1) is 11.3 Å². The molecule has 1 aliphatic rings. The van der Waals surface area contributed by atoms with Crippen LogP contribution in [-0.4, -0.2) is 41.2 Å². The molecule has 0 aliphatic carbocycles. The van der Waals surface area contributed by atoms with Gasteiger partial charge in [0.2, 0.25) is 5.91 Å². The quantitative estimate of drug-likeness (QED) is 0.551. The number of nitrogens with zero attached hydrogens (tertiary/aromatic N) is 2. The fraction of sp³-hybridized carbons (Fsp3) is 0.280. The van der Waals surface area contributed by atoms with Crippen LogP contribution in [0.5, 0.6) is 0 Å².